The number of carbonyl (C=O) groups excluding carboxylic acids is 1. The third-order valence-electron chi connectivity index (χ3n) is 4.24. The Balaban J connectivity index is 1.52. The topological polar surface area (TPSA) is 129 Å². The summed E-state index contributed by atoms with van der Waals surface area (Å²) in [6.07, 6.45) is 1.79. The number of benzene rings is 1. The van der Waals surface area contributed by atoms with Gasteiger partial charge in [-0.15, -0.1) is 11.3 Å². The number of nitro groups is 1. The number of thiazole rings is 1. The summed E-state index contributed by atoms with van der Waals surface area (Å²) in [5.74, 6) is -0.582. The van der Waals surface area contributed by atoms with Gasteiger partial charge in [-0.3, -0.25) is 14.3 Å². The number of carbonyl (C=O) groups is 1. The maximum absolute atomic E-state index is 12.2. The molecule has 3 rings (SSSR count). The van der Waals surface area contributed by atoms with Crippen molar-refractivity contribution in [2.45, 2.75) is 25.6 Å². The average Bonchev–Trinajstić information content (AvgIpc) is 3.16. The van der Waals surface area contributed by atoms with Crippen molar-refractivity contribution in [3.63, 3.8) is 0 Å². The fourth-order valence-electron chi connectivity index (χ4n) is 2.83. The summed E-state index contributed by atoms with van der Waals surface area (Å²) in [4.78, 5) is 28.6. The molecule has 1 saturated heterocycles. The first kappa shape index (κ1) is 21.1. The molecule has 0 unspecified atom stereocenters. The molecule has 1 aliphatic rings. The zero-order valence-corrected chi connectivity index (χ0v) is 17.1. The minimum atomic E-state index is -3.47. The van der Waals surface area contributed by atoms with Crippen LogP contribution in [0.3, 0.4) is 0 Å². The van der Waals surface area contributed by atoms with Gasteiger partial charge in [0.15, 0.2) is 10.8 Å². The molecule has 1 aliphatic heterocycles. The fraction of sp³-hybridized carbons (Fsp3) is 0.412. The molecule has 0 amide bonds. The van der Waals surface area contributed by atoms with E-state index in [9.17, 15) is 23.3 Å². The van der Waals surface area contributed by atoms with Crippen LogP contribution >= 0.6 is 11.3 Å². The molecule has 0 bridgehead atoms. The van der Waals surface area contributed by atoms with Crippen molar-refractivity contribution in [1.82, 2.24) is 4.98 Å². The van der Waals surface area contributed by atoms with Crippen LogP contribution in [0.2, 0.25) is 0 Å². The van der Waals surface area contributed by atoms with Crippen LogP contribution in [0.1, 0.15) is 28.9 Å². The number of hydrogen-bond acceptors (Lipinski definition) is 10. The van der Waals surface area contributed by atoms with E-state index in [-0.39, 0.29) is 24.1 Å². The minimum Gasteiger partial charge on any atom is -0.456 e. The number of aromatic nitrogens is 1. The van der Waals surface area contributed by atoms with Crippen molar-refractivity contribution in [2.24, 2.45) is 0 Å². The van der Waals surface area contributed by atoms with E-state index >= 15 is 0 Å². The number of ether oxygens (including phenoxy) is 1. The zero-order valence-electron chi connectivity index (χ0n) is 15.5. The summed E-state index contributed by atoms with van der Waals surface area (Å²) >= 11 is 1.31. The summed E-state index contributed by atoms with van der Waals surface area (Å²) in [5.41, 5.74) is 0.781. The van der Waals surface area contributed by atoms with E-state index in [4.69, 9.17) is 8.92 Å². The molecule has 0 atom stereocenters. The van der Waals surface area contributed by atoms with E-state index in [1.54, 1.807) is 5.38 Å². The van der Waals surface area contributed by atoms with Crippen molar-refractivity contribution < 1.29 is 27.1 Å². The van der Waals surface area contributed by atoms with Gasteiger partial charge in [0.2, 0.25) is 0 Å². The van der Waals surface area contributed by atoms with Crippen LogP contribution in [-0.2, 0) is 25.6 Å². The Morgan fingerprint density at radius 2 is 1.97 bits per heavy atom. The van der Waals surface area contributed by atoms with Crippen molar-refractivity contribution in [2.75, 3.05) is 24.2 Å². The van der Waals surface area contributed by atoms with Crippen LogP contribution in [-0.4, -0.2) is 49.7 Å². The maximum Gasteiger partial charge on any atom is 0.358 e. The highest BCUT2D eigenvalue weighted by molar-refractivity contribution is 7.86. The first-order valence-electron chi connectivity index (χ1n) is 8.70. The number of piperidine rings is 1. The van der Waals surface area contributed by atoms with Gasteiger partial charge in [0.25, 0.3) is 15.8 Å². The number of anilines is 1. The molecule has 0 N–H and O–H groups in total. The number of non-ortho nitro benzene ring substituents is 1. The molecule has 1 fully saturated rings. The molecule has 0 spiro atoms. The van der Waals surface area contributed by atoms with Crippen molar-refractivity contribution in [3.8, 4) is 0 Å². The van der Waals surface area contributed by atoms with Crippen LogP contribution in [0, 0.1) is 10.1 Å². The summed E-state index contributed by atoms with van der Waals surface area (Å²) in [7, 11) is -3.47. The van der Waals surface area contributed by atoms with Crippen LogP contribution in [0.5, 0.6) is 0 Å². The van der Waals surface area contributed by atoms with Gasteiger partial charge in [0.05, 0.1) is 17.3 Å². The first-order valence-corrected chi connectivity index (χ1v) is 11.4. The molecule has 2 heterocycles. The molecular weight excluding hydrogens is 422 g/mol. The van der Waals surface area contributed by atoms with Gasteiger partial charge >= 0.3 is 5.97 Å². The monoisotopic (exact) mass is 441 g/mol. The molecule has 29 heavy (non-hydrogen) atoms. The Labute approximate surface area is 171 Å². The summed E-state index contributed by atoms with van der Waals surface area (Å²) < 4.78 is 32.7. The Kier molecular flexibility index (Phi) is 6.45. The Morgan fingerprint density at radius 1 is 1.31 bits per heavy atom. The minimum absolute atomic E-state index is 0.0160. The molecule has 1 aromatic carbocycles. The number of esters is 1. The lowest BCUT2D eigenvalue weighted by molar-refractivity contribution is -0.384. The van der Waals surface area contributed by atoms with Gasteiger partial charge < -0.3 is 9.64 Å². The van der Waals surface area contributed by atoms with Crippen molar-refractivity contribution in [1.29, 1.82) is 0 Å². The van der Waals surface area contributed by atoms with Crippen LogP contribution in [0.15, 0.2) is 29.6 Å². The standard InChI is InChI=1S/C17H19N3O7S2/c1-29(24,25)27-14-6-8-19(9-7-14)17-18-15(11-28-17)16(21)26-10-12-2-4-13(5-3-12)20(22)23/h2-5,11,14H,6-10H2,1H3. The van der Waals surface area contributed by atoms with Crippen molar-refractivity contribution >= 4 is 38.2 Å². The Morgan fingerprint density at radius 3 is 2.55 bits per heavy atom. The second-order valence-corrected chi connectivity index (χ2v) is 8.94. The number of hydrogen-bond donors (Lipinski definition) is 0. The van der Waals surface area contributed by atoms with E-state index in [0.717, 1.165) is 6.26 Å². The molecule has 156 valence electrons. The third-order valence-corrected chi connectivity index (χ3v) is 5.76. The van der Waals surface area contributed by atoms with Crippen molar-refractivity contribution in [3.05, 3.63) is 51.0 Å². The second-order valence-electron chi connectivity index (χ2n) is 6.50. The van der Waals surface area contributed by atoms with Gasteiger partial charge in [-0.1, -0.05) is 0 Å². The molecule has 2 aromatic rings. The smallest absolute Gasteiger partial charge is 0.358 e. The predicted octanol–water partition coefficient (Wildman–Crippen LogP) is 2.35. The maximum atomic E-state index is 12.2. The van der Waals surface area contributed by atoms with E-state index in [1.807, 2.05) is 4.90 Å². The third kappa shape index (κ3) is 5.95. The lowest BCUT2D eigenvalue weighted by atomic mass is 10.1. The molecule has 0 aliphatic carbocycles. The predicted molar refractivity (Wildman–Crippen MR) is 105 cm³/mol. The fourth-order valence-corrected chi connectivity index (χ4v) is 4.37. The number of nitro benzene ring substituents is 1. The quantitative estimate of drug-likeness (QED) is 0.275. The van der Waals surface area contributed by atoms with E-state index < -0.39 is 21.0 Å². The lowest BCUT2D eigenvalue weighted by Gasteiger charge is -2.30. The Bertz CT molecular complexity index is 981. The van der Waals surface area contributed by atoms with E-state index in [0.29, 0.717) is 36.6 Å². The molecule has 0 saturated carbocycles. The summed E-state index contributed by atoms with van der Waals surface area (Å²) in [6, 6.07) is 5.75. The second kappa shape index (κ2) is 8.84. The summed E-state index contributed by atoms with van der Waals surface area (Å²) in [6.45, 7) is 1.13. The van der Waals surface area contributed by atoms with Gasteiger partial charge in [0, 0.05) is 30.6 Å². The number of nitrogens with zero attached hydrogens (tertiary/aromatic N) is 3. The highest BCUT2D eigenvalue weighted by Gasteiger charge is 2.25. The normalized spacial score (nSPS) is 15.3. The SMILES string of the molecule is CS(=O)(=O)OC1CCN(c2nc(C(=O)OCc3ccc([N+](=O)[O-])cc3)cs2)CC1. The molecule has 10 nitrogen and oxygen atoms in total. The van der Waals surface area contributed by atoms with Gasteiger partial charge in [-0.2, -0.15) is 8.42 Å². The van der Waals surface area contributed by atoms with Gasteiger partial charge in [-0.25, -0.2) is 9.78 Å². The lowest BCUT2D eigenvalue weighted by Crippen LogP contribution is -2.37. The Hall–Kier alpha value is -2.57. The number of rotatable bonds is 7. The van der Waals surface area contributed by atoms with Crippen LogP contribution < -0.4 is 4.90 Å². The van der Waals surface area contributed by atoms with Crippen LogP contribution in [0.4, 0.5) is 10.8 Å². The molecule has 1 aromatic heterocycles. The van der Waals surface area contributed by atoms with Gasteiger partial charge in [0.1, 0.15) is 6.61 Å². The van der Waals surface area contributed by atoms with Gasteiger partial charge in [-0.05, 0) is 30.5 Å². The first-order chi connectivity index (χ1) is 13.7. The highest BCUT2D eigenvalue weighted by atomic mass is 32.2. The molecule has 12 heteroatoms. The van der Waals surface area contributed by atoms with E-state index in [2.05, 4.69) is 4.98 Å². The molecule has 0 radical (unpaired) electrons. The average molecular weight is 441 g/mol. The van der Waals surface area contributed by atoms with E-state index in [1.165, 1.54) is 35.6 Å². The van der Waals surface area contributed by atoms with Crippen LogP contribution in [0.25, 0.3) is 0 Å². The highest BCUT2D eigenvalue weighted by Crippen LogP contribution is 2.26. The zero-order chi connectivity index (χ0) is 21.0. The largest absolute Gasteiger partial charge is 0.456 e. The summed E-state index contributed by atoms with van der Waals surface area (Å²) in [5, 5.41) is 12.9. The molecular formula is C17H19N3O7S2.